The van der Waals surface area contributed by atoms with Gasteiger partial charge in [0, 0.05) is 12.4 Å². The maximum atomic E-state index is 5.13. The number of ether oxygens (including phenoxy) is 1. The zero-order valence-electron chi connectivity index (χ0n) is 5.45. The zero-order chi connectivity index (χ0) is 6.81. The first-order chi connectivity index (χ1) is 4.97. The van der Waals surface area contributed by atoms with Crippen molar-refractivity contribution in [1.82, 2.24) is 10.4 Å². The molecule has 0 aliphatic carbocycles. The SMILES string of the molecule is C1=CN2NC=CC2=COC1. The standard InChI is InChI=1S/C7H8N2O/c1-4-9-7(2-3-8-9)6-10-5-1/h1-4,6,8H,5H2. The van der Waals surface area contributed by atoms with E-state index in [-0.39, 0.29) is 0 Å². The summed E-state index contributed by atoms with van der Waals surface area (Å²) in [5, 5.41) is 1.90. The molecule has 0 fully saturated rings. The second-order valence-electron chi connectivity index (χ2n) is 2.09. The summed E-state index contributed by atoms with van der Waals surface area (Å²) in [6.07, 6.45) is 9.44. The Morgan fingerprint density at radius 2 is 2.60 bits per heavy atom. The zero-order valence-corrected chi connectivity index (χ0v) is 5.45. The van der Waals surface area contributed by atoms with Gasteiger partial charge in [0.25, 0.3) is 0 Å². The van der Waals surface area contributed by atoms with Crippen molar-refractivity contribution < 1.29 is 4.74 Å². The second-order valence-corrected chi connectivity index (χ2v) is 2.09. The van der Waals surface area contributed by atoms with Gasteiger partial charge in [0.05, 0.1) is 5.70 Å². The van der Waals surface area contributed by atoms with Crippen LogP contribution in [0.4, 0.5) is 0 Å². The van der Waals surface area contributed by atoms with Crippen LogP contribution >= 0.6 is 0 Å². The predicted octanol–water partition coefficient (Wildman–Crippen LogP) is 0.706. The Kier molecular flexibility index (Phi) is 1.13. The highest BCUT2D eigenvalue weighted by Gasteiger charge is 2.08. The quantitative estimate of drug-likeness (QED) is 0.530. The van der Waals surface area contributed by atoms with Gasteiger partial charge in [-0.15, -0.1) is 0 Å². The van der Waals surface area contributed by atoms with E-state index in [1.807, 2.05) is 29.6 Å². The minimum Gasteiger partial charge on any atom is -0.495 e. The van der Waals surface area contributed by atoms with Gasteiger partial charge in [-0.05, 0) is 12.2 Å². The van der Waals surface area contributed by atoms with E-state index in [2.05, 4.69) is 5.43 Å². The highest BCUT2D eigenvalue weighted by Crippen LogP contribution is 2.11. The van der Waals surface area contributed by atoms with E-state index >= 15 is 0 Å². The van der Waals surface area contributed by atoms with Crippen LogP contribution in [0.5, 0.6) is 0 Å². The van der Waals surface area contributed by atoms with E-state index in [9.17, 15) is 0 Å². The van der Waals surface area contributed by atoms with E-state index in [1.54, 1.807) is 6.26 Å². The number of fused-ring (bicyclic) bond motifs is 1. The fourth-order valence-corrected chi connectivity index (χ4v) is 0.920. The topological polar surface area (TPSA) is 24.5 Å². The van der Waals surface area contributed by atoms with Gasteiger partial charge in [-0.25, -0.2) is 0 Å². The summed E-state index contributed by atoms with van der Waals surface area (Å²) in [6, 6.07) is 0. The van der Waals surface area contributed by atoms with Crippen LogP contribution in [0.15, 0.2) is 36.5 Å². The number of hydrazine groups is 1. The minimum atomic E-state index is 0.648. The molecule has 0 spiro atoms. The lowest BCUT2D eigenvalue weighted by Gasteiger charge is -2.12. The summed E-state index contributed by atoms with van der Waals surface area (Å²) >= 11 is 0. The van der Waals surface area contributed by atoms with E-state index in [1.165, 1.54) is 0 Å². The molecule has 3 heteroatoms. The summed E-state index contributed by atoms with van der Waals surface area (Å²) < 4.78 is 5.13. The lowest BCUT2D eigenvalue weighted by atomic mass is 10.5. The van der Waals surface area contributed by atoms with Gasteiger partial charge < -0.3 is 10.2 Å². The van der Waals surface area contributed by atoms with Crippen molar-refractivity contribution in [2.75, 3.05) is 6.61 Å². The van der Waals surface area contributed by atoms with Crippen molar-refractivity contribution in [3.63, 3.8) is 0 Å². The Morgan fingerprint density at radius 1 is 1.60 bits per heavy atom. The molecule has 1 N–H and O–H groups in total. The maximum Gasteiger partial charge on any atom is 0.109 e. The Bertz CT molecular complexity index is 218. The van der Waals surface area contributed by atoms with Crippen LogP contribution in [-0.2, 0) is 4.74 Å². The molecule has 0 unspecified atom stereocenters. The minimum absolute atomic E-state index is 0.648. The maximum absolute atomic E-state index is 5.13. The van der Waals surface area contributed by atoms with Crippen molar-refractivity contribution in [2.24, 2.45) is 0 Å². The summed E-state index contributed by atoms with van der Waals surface area (Å²) in [7, 11) is 0. The van der Waals surface area contributed by atoms with Gasteiger partial charge in [0.1, 0.15) is 12.9 Å². The third kappa shape index (κ3) is 0.757. The molecule has 0 saturated heterocycles. The van der Waals surface area contributed by atoms with Crippen LogP contribution < -0.4 is 5.43 Å². The van der Waals surface area contributed by atoms with Gasteiger partial charge in [-0.3, -0.25) is 5.01 Å². The lowest BCUT2D eigenvalue weighted by Crippen LogP contribution is -2.21. The first-order valence-corrected chi connectivity index (χ1v) is 3.17. The van der Waals surface area contributed by atoms with Crippen LogP contribution in [0.25, 0.3) is 0 Å². The molecule has 0 atom stereocenters. The van der Waals surface area contributed by atoms with E-state index in [0.29, 0.717) is 6.61 Å². The number of allylic oxidation sites excluding steroid dienone is 1. The Morgan fingerprint density at radius 3 is 3.60 bits per heavy atom. The largest absolute Gasteiger partial charge is 0.495 e. The number of hydrogen-bond donors (Lipinski definition) is 1. The monoisotopic (exact) mass is 136 g/mol. The molecule has 0 bridgehead atoms. The Balaban J connectivity index is 2.27. The van der Waals surface area contributed by atoms with Crippen molar-refractivity contribution in [1.29, 1.82) is 0 Å². The van der Waals surface area contributed by atoms with Gasteiger partial charge in [-0.1, -0.05) is 0 Å². The summed E-state index contributed by atoms with van der Waals surface area (Å²) in [6.45, 7) is 0.648. The molecule has 2 aliphatic rings. The van der Waals surface area contributed by atoms with Crippen LogP contribution in [0.1, 0.15) is 0 Å². The Hall–Kier alpha value is -1.38. The van der Waals surface area contributed by atoms with Crippen LogP contribution in [0.3, 0.4) is 0 Å². The molecular weight excluding hydrogens is 128 g/mol. The van der Waals surface area contributed by atoms with Crippen LogP contribution in [-0.4, -0.2) is 11.6 Å². The Labute approximate surface area is 59.2 Å². The molecule has 2 rings (SSSR count). The third-order valence-electron chi connectivity index (χ3n) is 1.40. The van der Waals surface area contributed by atoms with Crippen molar-refractivity contribution >= 4 is 0 Å². The number of hydrogen-bond acceptors (Lipinski definition) is 3. The van der Waals surface area contributed by atoms with Gasteiger partial charge in [0.15, 0.2) is 0 Å². The first kappa shape index (κ1) is 5.41. The lowest BCUT2D eigenvalue weighted by molar-refractivity contribution is 0.285. The number of nitrogens with zero attached hydrogens (tertiary/aromatic N) is 1. The highest BCUT2D eigenvalue weighted by atomic mass is 16.5. The van der Waals surface area contributed by atoms with E-state index in [0.717, 1.165) is 5.70 Å². The second kappa shape index (κ2) is 2.10. The summed E-state index contributed by atoms with van der Waals surface area (Å²) in [5.74, 6) is 0. The van der Waals surface area contributed by atoms with Crippen LogP contribution in [0, 0.1) is 0 Å². The number of rotatable bonds is 0. The average Bonchev–Trinajstić information content (AvgIpc) is 2.28. The molecule has 10 heavy (non-hydrogen) atoms. The normalized spacial score (nSPS) is 20.8. The van der Waals surface area contributed by atoms with Gasteiger partial charge in [0.2, 0.25) is 0 Å². The molecule has 2 aliphatic heterocycles. The van der Waals surface area contributed by atoms with E-state index < -0.39 is 0 Å². The molecule has 0 amide bonds. The molecule has 2 heterocycles. The van der Waals surface area contributed by atoms with Crippen LogP contribution in [0.2, 0.25) is 0 Å². The van der Waals surface area contributed by atoms with Crippen molar-refractivity contribution in [3.05, 3.63) is 36.5 Å². The first-order valence-electron chi connectivity index (χ1n) is 3.17. The summed E-state index contributed by atoms with van der Waals surface area (Å²) in [4.78, 5) is 0. The smallest absolute Gasteiger partial charge is 0.109 e. The molecule has 0 saturated carbocycles. The fraction of sp³-hybridized carbons (Fsp3) is 0.143. The molecular formula is C7H8N2O. The molecule has 0 radical (unpaired) electrons. The predicted molar refractivity (Wildman–Crippen MR) is 37.3 cm³/mol. The van der Waals surface area contributed by atoms with E-state index in [4.69, 9.17) is 4.74 Å². The van der Waals surface area contributed by atoms with Gasteiger partial charge >= 0.3 is 0 Å². The molecule has 0 aromatic carbocycles. The molecule has 52 valence electrons. The summed E-state index contributed by atoms with van der Waals surface area (Å²) in [5.41, 5.74) is 4.05. The fourth-order valence-electron chi connectivity index (χ4n) is 0.920. The molecule has 0 aromatic heterocycles. The van der Waals surface area contributed by atoms with Gasteiger partial charge in [-0.2, -0.15) is 0 Å². The number of nitrogens with one attached hydrogen (secondary N) is 1. The average molecular weight is 136 g/mol. The third-order valence-corrected chi connectivity index (χ3v) is 1.40. The van der Waals surface area contributed by atoms with Crippen molar-refractivity contribution in [3.8, 4) is 0 Å². The highest BCUT2D eigenvalue weighted by molar-refractivity contribution is 5.22. The molecule has 3 nitrogen and oxygen atoms in total. The van der Waals surface area contributed by atoms with Crippen molar-refractivity contribution in [2.45, 2.75) is 0 Å². The molecule has 0 aromatic rings.